The zero-order valence-electron chi connectivity index (χ0n) is 11.3. The number of hydrogen-bond donors (Lipinski definition) is 2. The second-order valence-electron chi connectivity index (χ2n) is 5.40. The molecular formula is C14H20N2O2. The Labute approximate surface area is 108 Å². The van der Waals surface area contributed by atoms with Crippen LogP contribution < -0.4 is 10.6 Å². The summed E-state index contributed by atoms with van der Waals surface area (Å²) >= 11 is 0. The number of ketones is 1. The fourth-order valence-corrected chi connectivity index (χ4v) is 1.50. The lowest BCUT2D eigenvalue weighted by Gasteiger charge is -2.20. The van der Waals surface area contributed by atoms with Crippen molar-refractivity contribution < 1.29 is 9.59 Å². The average Bonchev–Trinajstić information content (AvgIpc) is 2.17. The van der Waals surface area contributed by atoms with Crippen LogP contribution in [0.4, 0.5) is 10.5 Å². The molecule has 98 valence electrons. The van der Waals surface area contributed by atoms with Crippen molar-refractivity contribution in [3.05, 3.63) is 29.8 Å². The van der Waals surface area contributed by atoms with Crippen LogP contribution in [0.5, 0.6) is 0 Å². The molecule has 18 heavy (non-hydrogen) atoms. The highest BCUT2D eigenvalue weighted by atomic mass is 16.2. The van der Waals surface area contributed by atoms with E-state index in [0.29, 0.717) is 12.1 Å². The third kappa shape index (κ3) is 5.48. The first-order valence-corrected chi connectivity index (χ1v) is 5.94. The quantitative estimate of drug-likeness (QED) is 0.864. The third-order valence-corrected chi connectivity index (χ3v) is 2.15. The summed E-state index contributed by atoms with van der Waals surface area (Å²) in [6.07, 6.45) is 0.425. The Morgan fingerprint density at radius 1 is 1.11 bits per heavy atom. The molecule has 0 unspecified atom stereocenters. The van der Waals surface area contributed by atoms with Gasteiger partial charge in [0.2, 0.25) is 0 Å². The maximum Gasteiger partial charge on any atom is 0.319 e. The molecule has 0 fully saturated rings. The van der Waals surface area contributed by atoms with E-state index in [1.807, 2.05) is 32.9 Å². The predicted molar refractivity (Wildman–Crippen MR) is 72.7 cm³/mol. The average molecular weight is 248 g/mol. The lowest BCUT2D eigenvalue weighted by molar-refractivity contribution is -0.116. The van der Waals surface area contributed by atoms with E-state index < -0.39 is 0 Å². The molecule has 1 aromatic carbocycles. The highest BCUT2D eigenvalue weighted by Gasteiger charge is 2.13. The SMILES string of the molecule is CC(=O)Cc1ccc(NC(=O)NC(C)(C)C)cc1. The van der Waals surface area contributed by atoms with E-state index >= 15 is 0 Å². The van der Waals surface area contributed by atoms with Gasteiger partial charge in [-0.15, -0.1) is 0 Å². The minimum atomic E-state index is -0.265. The Balaban J connectivity index is 2.58. The number of carbonyl (C=O) groups excluding carboxylic acids is 2. The fraction of sp³-hybridized carbons (Fsp3) is 0.429. The molecule has 0 aromatic heterocycles. The zero-order valence-corrected chi connectivity index (χ0v) is 11.3. The lowest BCUT2D eigenvalue weighted by Crippen LogP contribution is -2.43. The van der Waals surface area contributed by atoms with Crippen LogP contribution in [0.25, 0.3) is 0 Å². The second-order valence-corrected chi connectivity index (χ2v) is 5.40. The summed E-state index contributed by atoms with van der Waals surface area (Å²) in [6, 6.07) is 7.03. The molecule has 2 amide bonds. The van der Waals surface area contributed by atoms with Crippen LogP contribution in [0.1, 0.15) is 33.3 Å². The van der Waals surface area contributed by atoms with Gasteiger partial charge in [-0.3, -0.25) is 4.79 Å². The van der Waals surface area contributed by atoms with Crippen molar-refractivity contribution in [2.75, 3.05) is 5.32 Å². The van der Waals surface area contributed by atoms with Gasteiger partial charge in [-0.1, -0.05) is 12.1 Å². The summed E-state index contributed by atoms with van der Waals surface area (Å²) in [6.45, 7) is 7.32. The summed E-state index contributed by atoms with van der Waals surface area (Å²) in [5, 5.41) is 5.55. The number of rotatable bonds is 3. The molecule has 1 aromatic rings. The molecule has 0 radical (unpaired) electrons. The van der Waals surface area contributed by atoms with Gasteiger partial charge in [0, 0.05) is 17.6 Å². The van der Waals surface area contributed by atoms with Gasteiger partial charge >= 0.3 is 6.03 Å². The van der Waals surface area contributed by atoms with Gasteiger partial charge in [-0.2, -0.15) is 0 Å². The minimum Gasteiger partial charge on any atom is -0.333 e. The van der Waals surface area contributed by atoms with Crippen molar-refractivity contribution >= 4 is 17.5 Å². The molecule has 0 aliphatic heterocycles. The molecule has 0 saturated heterocycles. The third-order valence-electron chi connectivity index (χ3n) is 2.15. The van der Waals surface area contributed by atoms with Gasteiger partial charge in [0.25, 0.3) is 0 Å². The molecule has 4 heteroatoms. The first-order valence-electron chi connectivity index (χ1n) is 5.94. The lowest BCUT2D eigenvalue weighted by atomic mass is 10.1. The van der Waals surface area contributed by atoms with Crippen molar-refractivity contribution in [1.82, 2.24) is 5.32 Å². The van der Waals surface area contributed by atoms with Crippen LogP contribution in [0, 0.1) is 0 Å². The maximum absolute atomic E-state index is 11.6. The summed E-state index contributed by atoms with van der Waals surface area (Å²) in [7, 11) is 0. The molecule has 1 rings (SSSR count). The van der Waals surface area contributed by atoms with Crippen LogP contribution >= 0.6 is 0 Å². The first kappa shape index (κ1) is 14.2. The van der Waals surface area contributed by atoms with Gasteiger partial charge in [-0.25, -0.2) is 4.79 Å². The number of carbonyl (C=O) groups is 2. The Morgan fingerprint density at radius 2 is 1.67 bits per heavy atom. The molecule has 0 heterocycles. The predicted octanol–water partition coefficient (Wildman–Crippen LogP) is 2.74. The molecular weight excluding hydrogens is 228 g/mol. The number of anilines is 1. The van der Waals surface area contributed by atoms with E-state index in [-0.39, 0.29) is 17.4 Å². The maximum atomic E-state index is 11.6. The smallest absolute Gasteiger partial charge is 0.319 e. The number of nitrogens with one attached hydrogen (secondary N) is 2. The van der Waals surface area contributed by atoms with E-state index in [1.54, 1.807) is 19.1 Å². The molecule has 2 N–H and O–H groups in total. The molecule has 0 aliphatic carbocycles. The first-order chi connectivity index (χ1) is 8.26. The number of hydrogen-bond acceptors (Lipinski definition) is 2. The molecule has 0 atom stereocenters. The van der Waals surface area contributed by atoms with E-state index in [9.17, 15) is 9.59 Å². The second kappa shape index (κ2) is 5.67. The number of benzene rings is 1. The fourth-order valence-electron chi connectivity index (χ4n) is 1.50. The van der Waals surface area contributed by atoms with Crippen molar-refractivity contribution in [3.8, 4) is 0 Å². The highest BCUT2D eigenvalue weighted by molar-refractivity contribution is 5.89. The van der Waals surface area contributed by atoms with Crippen LogP contribution in [-0.2, 0) is 11.2 Å². The Morgan fingerprint density at radius 3 is 2.11 bits per heavy atom. The van der Waals surface area contributed by atoms with Crippen molar-refractivity contribution in [3.63, 3.8) is 0 Å². The molecule has 0 aliphatic rings. The van der Waals surface area contributed by atoms with Gasteiger partial charge in [0.1, 0.15) is 5.78 Å². The van der Waals surface area contributed by atoms with Crippen LogP contribution in [0.15, 0.2) is 24.3 Å². The van der Waals surface area contributed by atoms with Gasteiger partial charge in [0.15, 0.2) is 0 Å². The Bertz CT molecular complexity index is 430. The molecule has 0 saturated carbocycles. The standard InChI is InChI=1S/C14H20N2O2/c1-10(17)9-11-5-7-12(8-6-11)15-13(18)16-14(2,3)4/h5-8H,9H2,1-4H3,(H2,15,16,18). The highest BCUT2D eigenvalue weighted by Crippen LogP contribution is 2.10. The van der Waals surface area contributed by atoms with E-state index in [4.69, 9.17) is 0 Å². The largest absolute Gasteiger partial charge is 0.333 e. The van der Waals surface area contributed by atoms with E-state index in [1.165, 1.54) is 0 Å². The number of amides is 2. The topological polar surface area (TPSA) is 58.2 Å². The van der Waals surface area contributed by atoms with Crippen LogP contribution in [0.3, 0.4) is 0 Å². The van der Waals surface area contributed by atoms with E-state index in [0.717, 1.165) is 5.56 Å². The summed E-state index contributed by atoms with van der Waals surface area (Å²) in [4.78, 5) is 22.6. The summed E-state index contributed by atoms with van der Waals surface area (Å²) in [5.74, 6) is 0.126. The Hall–Kier alpha value is -1.84. The van der Waals surface area contributed by atoms with Crippen molar-refractivity contribution in [2.24, 2.45) is 0 Å². The van der Waals surface area contributed by atoms with Gasteiger partial charge < -0.3 is 10.6 Å². The summed E-state index contributed by atoms with van der Waals surface area (Å²) < 4.78 is 0. The van der Waals surface area contributed by atoms with Crippen LogP contribution in [-0.4, -0.2) is 17.4 Å². The van der Waals surface area contributed by atoms with Crippen LogP contribution in [0.2, 0.25) is 0 Å². The van der Waals surface area contributed by atoms with Crippen molar-refractivity contribution in [1.29, 1.82) is 0 Å². The van der Waals surface area contributed by atoms with Crippen molar-refractivity contribution in [2.45, 2.75) is 39.7 Å². The number of urea groups is 1. The normalized spacial score (nSPS) is 10.9. The molecule has 4 nitrogen and oxygen atoms in total. The summed E-state index contributed by atoms with van der Waals surface area (Å²) in [5.41, 5.74) is 1.40. The minimum absolute atomic E-state index is 0.126. The van der Waals surface area contributed by atoms with E-state index in [2.05, 4.69) is 10.6 Å². The molecule has 0 bridgehead atoms. The van der Waals surface area contributed by atoms with Gasteiger partial charge in [0.05, 0.1) is 0 Å². The zero-order chi connectivity index (χ0) is 13.8. The Kier molecular flexibility index (Phi) is 4.48. The monoisotopic (exact) mass is 248 g/mol. The van der Waals surface area contributed by atoms with Gasteiger partial charge in [-0.05, 0) is 45.4 Å². The molecule has 0 spiro atoms. The number of Topliss-reactive ketones (excluding diaryl/α,β-unsaturated/α-hetero) is 1.